The largest absolute Gasteiger partial charge is 0.497 e. The van der Waals surface area contributed by atoms with E-state index in [0.717, 1.165) is 10.2 Å². The fourth-order valence-electron chi connectivity index (χ4n) is 2.26. The Morgan fingerprint density at radius 2 is 2.05 bits per heavy atom. The van der Waals surface area contributed by atoms with E-state index >= 15 is 0 Å². The minimum atomic E-state index is -0.0735. The van der Waals surface area contributed by atoms with Gasteiger partial charge in [0.1, 0.15) is 11.4 Å². The van der Waals surface area contributed by atoms with E-state index in [9.17, 15) is 4.79 Å². The number of ether oxygens (including phenoxy) is 1. The zero-order valence-electron chi connectivity index (χ0n) is 11.9. The van der Waals surface area contributed by atoms with E-state index in [-0.39, 0.29) is 12.2 Å². The van der Waals surface area contributed by atoms with E-state index in [1.807, 2.05) is 17.6 Å². The molecule has 5 heteroatoms. The van der Waals surface area contributed by atoms with E-state index in [0.29, 0.717) is 23.6 Å². The highest BCUT2D eigenvalue weighted by Crippen LogP contribution is 2.26. The van der Waals surface area contributed by atoms with Gasteiger partial charge in [-0.05, 0) is 53.2 Å². The van der Waals surface area contributed by atoms with Gasteiger partial charge >= 0.3 is 0 Å². The third-order valence-corrected chi connectivity index (χ3v) is 3.88. The van der Waals surface area contributed by atoms with Gasteiger partial charge in [-0.1, -0.05) is 0 Å². The van der Waals surface area contributed by atoms with Crippen LogP contribution in [0.15, 0.2) is 34.8 Å². The number of rotatable bonds is 5. The normalized spacial score (nSPS) is 10.2. The quantitative estimate of drug-likeness (QED) is 0.777. The van der Waals surface area contributed by atoms with E-state index in [1.54, 1.807) is 31.4 Å². The topological polar surface area (TPSA) is 55.0 Å². The fraction of sp³-hybridized carbons (Fsp3) is 0.250. The zero-order chi connectivity index (χ0) is 15.4. The van der Waals surface area contributed by atoms with E-state index < -0.39 is 0 Å². The molecule has 0 spiro atoms. The maximum Gasteiger partial charge on any atom is 0.210 e. The van der Waals surface area contributed by atoms with Crippen LogP contribution >= 0.6 is 15.9 Å². The number of hydrogen-bond acceptors (Lipinski definition) is 3. The number of nitrogens with zero attached hydrogens (tertiary/aromatic N) is 2. The van der Waals surface area contributed by atoms with Crippen LogP contribution in [0.3, 0.4) is 0 Å². The summed E-state index contributed by atoms with van der Waals surface area (Å²) in [5.41, 5.74) is 2.00. The summed E-state index contributed by atoms with van der Waals surface area (Å²) in [5.74, 6) is 0.636. The minimum Gasteiger partial charge on any atom is -0.497 e. The molecule has 108 valence electrons. The summed E-state index contributed by atoms with van der Waals surface area (Å²) in [6.07, 6.45) is 0.280. The van der Waals surface area contributed by atoms with Crippen molar-refractivity contribution in [2.24, 2.45) is 0 Å². The number of carbonyl (C=O) groups excluding carboxylic acids is 1. The van der Waals surface area contributed by atoms with Crippen molar-refractivity contribution in [1.82, 2.24) is 4.57 Å². The predicted molar refractivity (Wildman–Crippen MR) is 83.5 cm³/mol. The molecular weight excluding hydrogens is 332 g/mol. The van der Waals surface area contributed by atoms with Gasteiger partial charge in [0.25, 0.3) is 0 Å². The number of halogens is 1. The molecule has 0 fully saturated rings. The summed E-state index contributed by atoms with van der Waals surface area (Å²) in [4.78, 5) is 12.7. The molecule has 0 N–H and O–H groups in total. The number of benzene rings is 1. The van der Waals surface area contributed by atoms with Crippen molar-refractivity contribution >= 4 is 21.7 Å². The van der Waals surface area contributed by atoms with Crippen LogP contribution < -0.4 is 4.74 Å². The van der Waals surface area contributed by atoms with Crippen LogP contribution in [0.2, 0.25) is 0 Å². The summed E-state index contributed by atoms with van der Waals surface area (Å²) in [7, 11) is 1.59. The summed E-state index contributed by atoms with van der Waals surface area (Å²) in [6, 6.07) is 11.0. The monoisotopic (exact) mass is 346 g/mol. The average Bonchev–Trinajstić information content (AvgIpc) is 2.82. The van der Waals surface area contributed by atoms with Gasteiger partial charge in [-0.3, -0.25) is 4.79 Å². The molecule has 0 aliphatic carbocycles. The molecule has 2 aromatic rings. The Labute approximate surface area is 132 Å². The van der Waals surface area contributed by atoms with Gasteiger partial charge in [0.2, 0.25) is 5.78 Å². The van der Waals surface area contributed by atoms with E-state index in [2.05, 4.69) is 22.0 Å². The molecule has 0 unspecified atom stereocenters. The second kappa shape index (κ2) is 6.59. The molecular formula is C16H15BrN2O2. The SMILES string of the molecule is CCn1c(CC#N)cc(Br)c1C(=O)c1ccc(OC)cc1. The van der Waals surface area contributed by atoms with Gasteiger partial charge < -0.3 is 9.30 Å². The second-order valence-corrected chi connectivity index (χ2v) is 5.32. The number of carbonyl (C=O) groups is 1. The smallest absolute Gasteiger partial charge is 0.210 e. The molecule has 0 bridgehead atoms. The first kappa shape index (κ1) is 15.3. The summed E-state index contributed by atoms with van der Waals surface area (Å²) < 4.78 is 7.69. The summed E-state index contributed by atoms with van der Waals surface area (Å²) >= 11 is 3.43. The van der Waals surface area contributed by atoms with Gasteiger partial charge in [-0.25, -0.2) is 0 Å². The Morgan fingerprint density at radius 1 is 1.38 bits per heavy atom. The van der Waals surface area contributed by atoms with Gasteiger partial charge in [0.05, 0.1) is 19.6 Å². The number of methoxy groups -OCH3 is 1. The highest BCUT2D eigenvalue weighted by Gasteiger charge is 2.20. The molecule has 2 rings (SSSR count). The van der Waals surface area contributed by atoms with Crippen LogP contribution in [0.5, 0.6) is 5.75 Å². The Bertz CT molecular complexity index is 696. The number of aromatic nitrogens is 1. The Balaban J connectivity index is 2.45. The average molecular weight is 347 g/mol. The second-order valence-electron chi connectivity index (χ2n) is 4.47. The van der Waals surface area contributed by atoms with Crippen molar-refractivity contribution in [3.63, 3.8) is 0 Å². The highest BCUT2D eigenvalue weighted by atomic mass is 79.9. The van der Waals surface area contributed by atoms with Crippen molar-refractivity contribution in [3.05, 3.63) is 51.8 Å². The maximum atomic E-state index is 12.7. The van der Waals surface area contributed by atoms with Crippen LogP contribution in [0.4, 0.5) is 0 Å². The Hall–Kier alpha value is -2.06. The van der Waals surface area contributed by atoms with Gasteiger partial charge in [-0.2, -0.15) is 5.26 Å². The third-order valence-electron chi connectivity index (χ3n) is 3.28. The lowest BCUT2D eigenvalue weighted by atomic mass is 10.1. The first-order valence-corrected chi connectivity index (χ1v) is 7.35. The third kappa shape index (κ3) is 3.01. The number of ketones is 1. The minimum absolute atomic E-state index is 0.0735. The van der Waals surface area contributed by atoms with Crippen molar-refractivity contribution in [3.8, 4) is 11.8 Å². The molecule has 0 saturated carbocycles. The Kier molecular flexibility index (Phi) is 4.81. The molecule has 0 aliphatic rings. The molecule has 0 atom stereocenters. The summed E-state index contributed by atoms with van der Waals surface area (Å²) in [5, 5.41) is 8.88. The molecule has 0 saturated heterocycles. The predicted octanol–water partition coefficient (Wildman–Crippen LogP) is 3.58. The fourth-order valence-corrected chi connectivity index (χ4v) is 2.92. The Morgan fingerprint density at radius 3 is 2.57 bits per heavy atom. The van der Waals surface area contributed by atoms with Crippen molar-refractivity contribution in [1.29, 1.82) is 5.26 Å². The highest BCUT2D eigenvalue weighted by molar-refractivity contribution is 9.10. The summed E-state index contributed by atoms with van der Waals surface area (Å²) in [6.45, 7) is 2.60. The van der Waals surface area contributed by atoms with E-state index in [4.69, 9.17) is 10.00 Å². The first-order chi connectivity index (χ1) is 10.1. The van der Waals surface area contributed by atoms with Crippen molar-refractivity contribution in [2.75, 3.05) is 7.11 Å². The van der Waals surface area contributed by atoms with Crippen LogP contribution in [0, 0.1) is 11.3 Å². The molecule has 0 amide bonds. The maximum absolute atomic E-state index is 12.7. The first-order valence-electron chi connectivity index (χ1n) is 6.56. The molecule has 1 aromatic heterocycles. The van der Waals surface area contributed by atoms with Crippen LogP contribution in [-0.2, 0) is 13.0 Å². The number of hydrogen-bond donors (Lipinski definition) is 0. The van der Waals surface area contributed by atoms with Crippen LogP contribution in [0.1, 0.15) is 28.7 Å². The van der Waals surface area contributed by atoms with Gasteiger partial charge in [-0.15, -0.1) is 0 Å². The lowest BCUT2D eigenvalue weighted by Crippen LogP contribution is -2.12. The lowest BCUT2D eigenvalue weighted by Gasteiger charge is -2.09. The molecule has 4 nitrogen and oxygen atoms in total. The standard InChI is InChI=1S/C16H15BrN2O2/c1-3-19-12(8-9-18)10-14(17)15(19)16(20)11-4-6-13(21-2)7-5-11/h4-7,10H,3,8H2,1-2H3. The molecule has 21 heavy (non-hydrogen) atoms. The molecule has 0 aliphatic heterocycles. The van der Waals surface area contributed by atoms with Crippen molar-refractivity contribution < 1.29 is 9.53 Å². The van der Waals surface area contributed by atoms with Crippen LogP contribution in [0.25, 0.3) is 0 Å². The molecule has 1 aromatic carbocycles. The van der Waals surface area contributed by atoms with Gasteiger partial charge in [0.15, 0.2) is 0 Å². The van der Waals surface area contributed by atoms with E-state index in [1.165, 1.54) is 0 Å². The van der Waals surface area contributed by atoms with Crippen molar-refractivity contribution in [2.45, 2.75) is 19.9 Å². The lowest BCUT2D eigenvalue weighted by molar-refractivity contribution is 0.102. The van der Waals surface area contributed by atoms with Gasteiger partial charge in [0, 0.05) is 22.3 Å². The molecule has 0 radical (unpaired) electrons. The zero-order valence-corrected chi connectivity index (χ0v) is 13.5. The van der Waals surface area contributed by atoms with Crippen LogP contribution in [-0.4, -0.2) is 17.5 Å². The number of nitriles is 1. The molecule has 1 heterocycles.